The monoisotopic (exact) mass is 419 g/mol. The first-order chi connectivity index (χ1) is 13.1. The Kier molecular flexibility index (Phi) is 5.46. The number of carbonyl (C=O) groups excluding carboxylic acids is 1. The number of hydrogen-bond donors (Lipinski definition) is 1. The van der Waals surface area contributed by atoms with Crippen molar-refractivity contribution in [1.82, 2.24) is 19.3 Å². The molecule has 3 aromatic rings. The summed E-state index contributed by atoms with van der Waals surface area (Å²) in [5.74, 6) is 1.03. The molecule has 148 valence electrons. The van der Waals surface area contributed by atoms with Gasteiger partial charge in [0.2, 0.25) is 10.0 Å². The highest BCUT2D eigenvalue weighted by atomic mass is 32.2. The summed E-state index contributed by atoms with van der Waals surface area (Å²) in [6, 6.07) is 8.10. The maximum absolute atomic E-state index is 12.8. The van der Waals surface area contributed by atoms with Crippen molar-refractivity contribution in [2.75, 3.05) is 5.75 Å². The predicted molar refractivity (Wildman–Crippen MR) is 107 cm³/mol. The van der Waals surface area contributed by atoms with Crippen LogP contribution in [-0.2, 0) is 17.1 Å². The van der Waals surface area contributed by atoms with E-state index in [0.717, 1.165) is 22.9 Å². The first-order valence-corrected chi connectivity index (χ1v) is 11.0. The number of ketones is 1. The number of benzene rings is 1. The molecule has 2 heterocycles. The van der Waals surface area contributed by atoms with Crippen LogP contribution in [0, 0.1) is 20.8 Å². The summed E-state index contributed by atoms with van der Waals surface area (Å²) in [4.78, 5) is 12.8. The second-order valence-electron chi connectivity index (χ2n) is 6.46. The quantitative estimate of drug-likeness (QED) is 0.484. The third-order valence-corrected chi connectivity index (χ3v) is 6.49. The fourth-order valence-corrected chi connectivity index (χ4v) is 4.30. The SMILES string of the molecule is Cc1nnc(SCC(=O)c2cc(C)n(-c3ccc(S(N)(=O)=O)cc3)c2C)n1C. The molecule has 0 bridgehead atoms. The minimum absolute atomic E-state index is 0.00819. The standard InChI is InChI=1S/C18H21N5O3S2/c1-11-9-16(17(24)10-27-18-21-20-13(3)22(18)4)12(2)23(11)14-5-7-15(8-6-14)28(19,25)26/h5-9H,10H2,1-4H3,(H2,19,25,26). The lowest BCUT2D eigenvalue weighted by atomic mass is 10.2. The molecule has 1 aromatic carbocycles. The number of aryl methyl sites for hydroxylation is 2. The van der Waals surface area contributed by atoms with Gasteiger partial charge in [-0.05, 0) is 51.1 Å². The van der Waals surface area contributed by atoms with Gasteiger partial charge in [-0.15, -0.1) is 10.2 Å². The van der Waals surface area contributed by atoms with E-state index in [2.05, 4.69) is 10.2 Å². The maximum atomic E-state index is 12.8. The van der Waals surface area contributed by atoms with Crippen LogP contribution >= 0.6 is 11.8 Å². The highest BCUT2D eigenvalue weighted by molar-refractivity contribution is 7.99. The average Bonchev–Trinajstić information content (AvgIpc) is 3.11. The molecule has 0 fully saturated rings. The minimum Gasteiger partial charge on any atom is -0.318 e. The summed E-state index contributed by atoms with van der Waals surface area (Å²) in [5, 5.41) is 13.9. The molecule has 3 rings (SSSR count). The number of primary sulfonamides is 1. The van der Waals surface area contributed by atoms with Crippen molar-refractivity contribution in [2.24, 2.45) is 12.2 Å². The maximum Gasteiger partial charge on any atom is 0.238 e. The fraction of sp³-hybridized carbons (Fsp3) is 0.278. The number of nitrogens with zero attached hydrogens (tertiary/aromatic N) is 4. The highest BCUT2D eigenvalue weighted by Crippen LogP contribution is 2.24. The number of nitrogens with two attached hydrogens (primary N) is 1. The third kappa shape index (κ3) is 3.89. The fourth-order valence-electron chi connectivity index (χ4n) is 2.95. The number of rotatable bonds is 6. The summed E-state index contributed by atoms with van der Waals surface area (Å²) < 4.78 is 26.6. The molecular weight excluding hydrogens is 398 g/mol. The second kappa shape index (κ2) is 7.53. The average molecular weight is 420 g/mol. The molecule has 0 spiro atoms. The molecule has 0 unspecified atom stereocenters. The van der Waals surface area contributed by atoms with Crippen molar-refractivity contribution in [3.05, 3.63) is 53.1 Å². The van der Waals surface area contributed by atoms with Crippen molar-refractivity contribution in [3.63, 3.8) is 0 Å². The van der Waals surface area contributed by atoms with Gasteiger partial charge in [0, 0.05) is 29.7 Å². The number of thioether (sulfide) groups is 1. The highest BCUT2D eigenvalue weighted by Gasteiger charge is 2.18. The van der Waals surface area contributed by atoms with Crippen LogP contribution < -0.4 is 5.14 Å². The van der Waals surface area contributed by atoms with E-state index >= 15 is 0 Å². The third-order valence-electron chi connectivity index (χ3n) is 4.54. The molecule has 8 nitrogen and oxygen atoms in total. The number of aromatic nitrogens is 4. The Morgan fingerprint density at radius 3 is 2.32 bits per heavy atom. The first-order valence-electron chi connectivity index (χ1n) is 8.43. The Hall–Kier alpha value is -2.43. The number of Topliss-reactive ketones (excluding diaryl/α,β-unsaturated/α-hetero) is 1. The van der Waals surface area contributed by atoms with E-state index < -0.39 is 10.0 Å². The number of sulfonamides is 1. The largest absolute Gasteiger partial charge is 0.318 e. The minimum atomic E-state index is -3.74. The van der Waals surface area contributed by atoms with Gasteiger partial charge in [-0.2, -0.15) is 0 Å². The lowest BCUT2D eigenvalue weighted by molar-refractivity contribution is 0.102. The molecule has 28 heavy (non-hydrogen) atoms. The van der Waals surface area contributed by atoms with E-state index in [9.17, 15) is 13.2 Å². The molecule has 10 heteroatoms. The van der Waals surface area contributed by atoms with Crippen LogP contribution in [0.15, 0.2) is 40.4 Å². The van der Waals surface area contributed by atoms with Gasteiger partial charge >= 0.3 is 0 Å². The lowest BCUT2D eigenvalue weighted by Crippen LogP contribution is -2.12. The summed E-state index contributed by atoms with van der Waals surface area (Å²) in [7, 11) is -1.88. The second-order valence-corrected chi connectivity index (χ2v) is 8.96. The smallest absolute Gasteiger partial charge is 0.238 e. The Morgan fingerprint density at radius 1 is 1.14 bits per heavy atom. The summed E-state index contributed by atoms with van der Waals surface area (Å²) in [6.07, 6.45) is 0. The van der Waals surface area contributed by atoms with Crippen LogP contribution in [0.25, 0.3) is 5.69 Å². The Labute approximate surface area is 167 Å². The zero-order chi connectivity index (χ0) is 20.6. The van der Waals surface area contributed by atoms with Gasteiger partial charge in [0.05, 0.1) is 10.6 Å². The molecule has 0 aliphatic heterocycles. The van der Waals surface area contributed by atoms with Crippen LogP contribution in [-0.4, -0.2) is 39.3 Å². The molecule has 2 aromatic heterocycles. The number of carbonyl (C=O) groups is 1. The van der Waals surface area contributed by atoms with E-state index in [4.69, 9.17) is 5.14 Å². The first kappa shape index (κ1) is 20.3. The zero-order valence-electron chi connectivity index (χ0n) is 16.0. The Bertz CT molecular complexity index is 1140. The molecule has 0 aliphatic carbocycles. The molecule has 0 radical (unpaired) electrons. The summed E-state index contributed by atoms with van der Waals surface area (Å²) >= 11 is 1.35. The normalized spacial score (nSPS) is 11.8. The van der Waals surface area contributed by atoms with Crippen LogP contribution in [0.1, 0.15) is 27.6 Å². The molecule has 0 atom stereocenters. The van der Waals surface area contributed by atoms with Crippen molar-refractivity contribution >= 4 is 27.6 Å². The molecule has 2 N–H and O–H groups in total. The zero-order valence-corrected chi connectivity index (χ0v) is 17.6. The summed E-state index contributed by atoms with van der Waals surface area (Å²) in [6.45, 7) is 5.62. The van der Waals surface area contributed by atoms with Gasteiger partial charge in [0.15, 0.2) is 10.9 Å². The van der Waals surface area contributed by atoms with Crippen molar-refractivity contribution < 1.29 is 13.2 Å². The molecule has 0 aliphatic rings. The van der Waals surface area contributed by atoms with Crippen molar-refractivity contribution in [2.45, 2.75) is 30.8 Å². The van der Waals surface area contributed by atoms with Crippen LogP contribution in [0.4, 0.5) is 0 Å². The molecular formula is C18H21N5O3S2. The Balaban J connectivity index is 1.85. The summed E-state index contributed by atoms with van der Waals surface area (Å²) in [5.41, 5.74) is 3.06. The van der Waals surface area contributed by atoms with Crippen LogP contribution in [0.3, 0.4) is 0 Å². The predicted octanol–water partition coefficient (Wildman–Crippen LogP) is 2.15. The van der Waals surface area contributed by atoms with Gasteiger partial charge < -0.3 is 9.13 Å². The van der Waals surface area contributed by atoms with Gasteiger partial charge in [0.1, 0.15) is 5.82 Å². The van der Waals surface area contributed by atoms with E-state index in [0.29, 0.717) is 10.7 Å². The van der Waals surface area contributed by atoms with Crippen molar-refractivity contribution in [3.8, 4) is 5.69 Å². The number of hydrogen-bond acceptors (Lipinski definition) is 6. The van der Waals surface area contributed by atoms with Crippen LogP contribution in [0.5, 0.6) is 0 Å². The van der Waals surface area contributed by atoms with E-state index in [1.165, 1.54) is 23.9 Å². The lowest BCUT2D eigenvalue weighted by Gasteiger charge is -2.10. The van der Waals surface area contributed by atoms with E-state index in [1.807, 2.05) is 43.0 Å². The van der Waals surface area contributed by atoms with Gasteiger partial charge in [-0.3, -0.25) is 4.79 Å². The Morgan fingerprint density at radius 2 is 1.79 bits per heavy atom. The van der Waals surface area contributed by atoms with Gasteiger partial charge in [0.25, 0.3) is 0 Å². The van der Waals surface area contributed by atoms with E-state index in [-0.39, 0.29) is 16.4 Å². The van der Waals surface area contributed by atoms with Crippen molar-refractivity contribution in [1.29, 1.82) is 0 Å². The molecule has 0 saturated carbocycles. The van der Waals surface area contributed by atoms with E-state index in [1.54, 1.807) is 12.1 Å². The topological polar surface area (TPSA) is 113 Å². The van der Waals surface area contributed by atoms with Crippen LogP contribution in [0.2, 0.25) is 0 Å². The van der Waals surface area contributed by atoms with Gasteiger partial charge in [-0.25, -0.2) is 13.6 Å². The molecule has 0 amide bonds. The molecule has 0 saturated heterocycles. The van der Waals surface area contributed by atoms with Gasteiger partial charge in [-0.1, -0.05) is 11.8 Å².